The third-order valence-electron chi connectivity index (χ3n) is 5.92. The van der Waals surface area contributed by atoms with Crippen LogP contribution < -0.4 is 0 Å². The average molecular weight is 321 g/mol. The lowest BCUT2D eigenvalue weighted by atomic mass is 9.49. The van der Waals surface area contributed by atoms with Gasteiger partial charge in [0.1, 0.15) is 11.6 Å². The van der Waals surface area contributed by atoms with Crippen LogP contribution in [0.15, 0.2) is 12.1 Å². The molecule has 2 bridgehead atoms. The molecule has 0 N–H and O–H groups in total. The predicted octanol–water partition coefficient (Wildman–Crippen LogP) is 4.02. The monoisotopic (exact) mass is 321 g/mol. The van der Waals surface area contributed by atoms with Crippen LogP contribution in [0.4, 0.5) is 8.78 Å². The molecule has 3 aliphatic carbocycles. The summed E-state index contributed by atoms with van der Waals surface area (Å²) >= 11 is 0. The smallest absolute Gasteiger partial charge is 0.264 e. The molecule has 3 fully saturated rings. The molecule has 0 spiro atoms. The van der Waals surface area contributed by atoms with Crippen molar-refractivity contribution in [1.29, 1.82) is 0 Å². The molecule has 1 aliphatic heterocycles. The van der Waals surface area contributed by atoms with E-state index >= 15 is 0 Å². The molecule has 1 aromatic carbocycles. The number of benzene rings is 1. The van der Waals surface area contributed by atoms with Crippen LogP contribution >= 0.6 is 0 Å². The van der Waals surface area contributed by atoms with Gasteiger partial charge in [-0.2, -0.15) is 0 Å². The van der Waals surface area contributed by atoms with Gasteiger partial charge in [0.2, 0.25) is 0 Å². The van der Waals surface area contributed by atoms with E-state index in [1.165, 1.54) is 26.3 Å². The molecular formula is C18H21F2NO2. The summed E-state index contributed by atoms with van der Waals surface area (Å²) in [6.07, 6.45) is 6.10. The van der Waals surface area contributed by atoms with E-state index < -0.39 is 34.6 Å². The van der Waals surface area contributed by atoms with Crippen molar-refractivity contribution >= 4 is 11.8 Å². The van der Waals surface area contributed by atoms with Crippen LogP contribution in [0.3, 0.4) is 0 Å². The third-order valence-corrected chi connectivity index (χ3v) is 5.92. The molecule has 1 heterocycles. The highest BCUT2D eigenvalue weighted by Crippen LogP contribution is 2.58. The molecule has 0 radical (unpaired) electrons. The van der Waals surface area contributed by atoms with Crippen molar-refractivity contribution in [1.82, 2.24) is 4.90 Å². The fourth-order valence-corrected chi connectivity index (χ4v) is 4.11. The van der Waals surface area contributed by atoms with Gasteiger partial charge in [-0.15, -0.1) is 0 Å². The number of nitrogens with zero attached hydrogens (tertiary/aromatic N) is 1. The van der Waals surface area contributed by atoms with E-state index in [0.29, 0.717) is 4.90 Å². The van der Waals surface area contributed by atoms with Gasteiger partial charge < -0.3 is 0 Å². The van der Waals surface area contributed by atoms with Gasteiger partial charge in [0.15, 0.2) is 0 Å². The third kappa shape index (κ3) is 2.37. The van der Waals surface area contributed by atoms with E-state index in [2.05, 4.69) is 13.8 Å². The van der Waals surface area contributed by atoms with Gasteiger partial charge in [0.05, 0.1) is 11.1 Å². The average Bonchev–Trinajstić information content (AvgIpc) is 2.78. The van der Waals surface area contributed by atoms with Gasteiger partial charge in [-0.05, 0) is 48.6 Å². The number of imide groups is 1. The molecule has 1 aromatic rings. The van der Waals surface area contributed by atoms with Crippen molar-refractivity contribution in [3.05, 3.63) is 34.9 Å². The summed E-state index contributed by atoms with van der Waals surface area (Å²) in [6.45, 7) is 4.90. The molecular weight excluding hydrogens is 300 g/mol. The predicted molar refractivity (Wildman–Crippen MR) is 82.0 cm³/mol. The van der Waals surface area contributed by atoms with Crippen LogP contribution in [-0.2, 0) is 0 Å². The Hall–Kier alpha value is -1.78. The standard InChI is InChI=1S/C9H5F2NO2.C9H16/c1-12-8(13)6-4(10)2-3-5(11)7(6)9(12)14;1-9(2)7-4-3-5-8(9)6-7/h2-3H,1H3;7-8H,3-6H2,1-2H3. The van der Waals surface area contributed by atoms with Gasteiger partial charge in [-0.25, -0.2) is 8.78 Å². The number of carbonyl (C=O) groups is 2. The molecule has 124 valence electrons. The Bertz CT molecular complexity index is 627. The molecule has 3 nitrogen and oxygen atoms in total. The zero-order valence-electron chi connectivity index (χ0n) is 13.7. The zero-order valence-corrected chi connectivity index (χ0v) is 13.7. The molecule has 0 aromatic heterocycles. The maximum absolute atomic E-state index is 13.1. The van der Waals surface area contributed by atoms with E-state index in [4.69, 9.17) is 0 Å². The molecule has 5 heteroatoms. The lowest BCUT2D eigenvalue weighted by molar-refractivity contribution is -0.0646. The second-order valence-electron chi connectivity index (χ2n) is 7.33. The number of hydrogen-bond donors (Lipinski definition) is 0. The molecule has 0 saturated heterocycles. The summed E-state index contributed by atoms with van der Waals surface area (Å²) in [5.41, 5.74) is -0.215. The molecule has 23 heavy (non-hydrogen) atoms. The van der Waals surface area contributed by atoms with Crippen LogP contribution in [0.2, 0.25) is 0 Å². The fourth-order valence-electron chi connectivity index (χ4n) is 4.11. The Morgan fingerprint density at radius 2 is 1.43 bits per heavy atom. The van der Waals surface area contributed by atoms with Crippen LogP contribution in [0, 0.1) is 28.9 Å². The minimum atomic E-state index is -0.871. The van der Waals surface area contributed by atoms with Gasteiger partial charge >= 0.3 is 0 Å². The lowest BCUT2D eigenvalue weighted by Gasteiger charge is -2.56. The first kappa shape index (κ1) is 16.1. The summed E-state index contributed by atoms with van der Waals surface area (Å²) in [4.78, 5) is 23.2. The first-order chi connectivity index (χ1) is 10.7. The Morgan fingerprint density at radius 1 is 1.00 bits per heavy atom. The van der Waals surface area contributed by atoms with E-state index in [0.717, 1.165) is 29.4 Å². The lowest BCUT2D eigenvalue weighted by Crippen LogP contribution is -2.47. The molecule has 2 unspecified atom stereocenters. The number of halogens is 2. The molecule has 4 aliphatic rings. The van der Waals surface area contributed by atoms with Crippen LogP contribution in [0.1, 0.15) is 60.2 Å². The van der Waals surface area contributed by atoms with Crippen LogP contribution in [0.25, 0.3) is 0 Å². The van der Waals surface area contributed by atoms with Gasteiger partial charge in [0.25, 0.3) is 11.8 Å². The summed E-state index contributed by atoms with van der Waals surface area (Å²) in [7, 11) is 1.18. The van der Waals surface area contributed by atoms with E-state index in [1.807, 2.05) is 0 Å². The molecule has 3 saturated carbocycles. The Labute approximate surface area is 134 Å². The number of fused-ring (bicyclic) bond motifs is 3. The van der Waals surface area contributed by atoms with Crippen molar-refractivity contribution in [2.75, 3.05) is 7.05 Å². The van der Waals surface area contributed by atoms with Crippen LogP contribution in [-0.4, -0.2) is 23.8 Å². The summed E-state index contributed by atoms with van der Waals surface area (Å²) in [5, 5.41) is 0. The highest BCUT2D eigenvalue weighted by molar-refractivity contribution is 6.21. The maximum Gasteiger partial charge on any atom is 0.264 e. The van der Waals surface area contributed by atoms with Gasteiger partial charge in [-0.3, -0.25) is 14.5 Å². The van der Waals surface area contributed by atoms with Gasteiger partial charge in [0, 0.05) is 7.05 Å². The zero-order chi connectivity index (χ0) is 16.9. The first-order valence-corrected chi connectivity index (χ1v) is 8.05. The van der Waals surface area contributed by atoms with Crippen molar-refractivity contribution in [2.24, 2.45) is 17.3 Å². The quantitative estimate of drug-likeness (QED) is 0.677. The van der Waals surface area contributed by atoms with Crippen LogP contribution in [0.5, 0.6) is 0 Å². The molecule has 2 amide bonds. The van der Waals surface area contributed by atoms with Crippen molar-refractivity contribution in [3.63, 3.8) is 0 Å². The van der Waals surface area contributed by atoms with E-state index in [1.54, 1.807) is 6.42 Å². The Balaban J connectivity index is 0.000000149. The minimum absolute atomic E-state index is 0.475. The largest absolute Gasteiger partial charge is 0.277 e. The number of rotatable bonds is 0. The van der Waals surface area contributed by atoms with Gasteiger partial charge in [-0.1, -0.05) is 20.3 Å². The summed E-state index contributed by atoms with van der Waals surface area (Å²) in [5.74, 6) is -1.16. The number of carbonyl (C=O) groups excluding carboxylic acids is 2. The van der Waals surface area contributed by atoms with Crippen molar-refractivity contribution < 1.29 is 18.4 Å². The maximum atomic E-state index is 13.1. The topological polar surface area (TPSA) is 37.4 Å². The first-order valence-electron chi connectivity index (χ1n) is 8.05. The van der Waals surface area contributed by atoms with E-state index in [-0.39, 0.29) is 0 Å². The second kappa shape index (κ2) is 5.39. The summed E-state index contributed by atoms with van der Waals surface area (Å²) < 4.78 is 26.2. The highest BCUT2D eigenvalue weighted by atomic mass is 19.1. The Kier molecular flexibility index (Phi) is 3.77. The van der Waals surface area contributed by atoms with Crippen molar-refractivity contribution in [3.8, 4) is 0 Å². The molecule has 2 atom stereocenters. The van der Waals surface area contributed by atoms with Crippen molar-refractivity contribution in [2.45, 2.75) is 39.5 Å². The minimum Gasteiger partial charge on any atom is -0.277 e. The normalized spacial score (nSPS) is 27.1. The second-order valence-corrected chi connectivity index (χ2v) is 7.33. The molecule has 5 rings (SSSR count). The Morgan fingerprint density at radius 3 is 1.74 bits per heavy atom. The SMILES string of the molecule is CC1(C)C2CCCC1C2.CN1C(=O)c2c(F)ccc(F)c2C1=O. The van der Waals surface area contributed by atoms with E-state index in [9.17, 15) is 18.4 Å². The number of amides is 2. The fraction of sp³-hybridized carbons (Fsp3) is 0.556. The number of hydrogen-bond acceptors (Lipinski definition) is 2. The summed E-state index contributed by atoms with van der Waals surface area (Å²) in [6, 6.07) is 1.66. The highest BCUT2D eigenvalue weighted by Gasteiger charge is 2.49.